The largest absolute Gasteiger partial charge is 0.481 e. The summed E-state index contributed by atoms with van der Waals surface area (Å²) in [6.45, 7) is 19.4. The van der Waals surface area contributed by atoms with E-state index in [4.69, 9.17) is 4.74 Å². The predicted octanol–water partition coefficient (Wildman–Crippen LogP) is 7.75. The van der Waals surface area contributed by atoms with Crippen molar-refractivity contribution in [3.63, 3.8) is 0 Å². The number of hydrogen-bond acceptors (Lipinski definition) is 4. The molecule has 5 rings (SSSR count). The molecule has 0 aliphatic heterocycles. The van der Waals surface area contributed by atoms with E-state index in [2.05, 4.69) is 47.3 Å². The first-order valence-corrected chi connectivity index (χ1v) is 16.2. The van der Waals surface area contributed by atoms with Crippen LogP contribution in [0.2, 0.25) is 0 Å². The summed E-state index contributed by atoms with van der Waals surface area (Å²) in [5.41, 5.74) is -1.61. The minimum absolute atomic E-state index is 0.0922. The van der Waals surface area contributed by atoms with Crippen molar-refractivity contribution in [2.45, 2.75) is 125 Å². The Morgan fingerprint density at radius 1 is 0.854 bits per heavy atom. The molecule has 0 aromatic heterocycles. The maximum Gasteiger partial charge on any atom is 0.309 e. The lowest BCUT2D eigenvalue weighted by Gasteiger charge is -2.72. The second-order valence-corrected chi connectivity index (χ2v) is 16.8. The van der Waals surface area contributed by atoms with Crippen molar-refractivity contribution in [2.24, 2.45) is 62.1 Å². The van der Waals surface area contributed by atoms with E-state index in [1.54, 1.807) is 13.8 Å². The molecule has 41 heavy (non-hydrogen) atoms. The maximum absolute atomic E-state index is 12.9. The molecule has 230 valence electrons. The molecular formula is C35H54O6. The third-order valence-electron chi connectivity index (χ3n) is 14.6. The van der Waals surface area contributed by atoms with Crippen molar-refractivity contribution in [1.82, 2.24) is 0 Å². The van der Waals surface area contributed by atoms with Crippen molar-refractivity contribution in [2.75, 3.05) is 0 Å². The van der Waals surface area contributed by atoms with Crippen LogP contribution in [-0.4, -0.2) is 34.2 Å². The number of carboxylic acids is 2. The molecule has 10 atom stereocenters. The summed E-state index contributed by atoms with van der Waals surface area (Å²) in [5.74, 6) is -0.162. The molecule has 2 N–H and O–H groups in total. The normalized spacial score (nSPS) is 46.7. The first-order chi connectivity index (χ1) is 18.9. The Bertz CT molecular complexity index is 1120. The molecule has 5 saturated carbocycles. The summed E-state index contributed by atoms with van der Waals surface area (Å²) in [6, 6.07) is 0. The van der Waals surface area contributed by atoms with Crippen LogP contribution in [0.3, 0.4) is 0 Å². The van der Waals surface area contributed by atoms with E-state index in [-0.39, 0.29) is 46.0 Å². The fourth-order valence-corrected chi connectivity index (χ4v) is 12.1. The van der Waals surface area contributed by atoms with Crippen LogP contribution in [0, 0.1) is 62.1 Å². The van der Waals surface area contributed by atoms with Crippen LogP contribution in [0.5, 0.6) is 0 Å². The standard InChI is InChI=1S/C35H54O6/c1-9-21-12-17-35(29(39)40)19-18-33(7)22(27(21)35)10-11-24-32(6)15-14-25(41-26(36)20-30(2,3)28(37)38)31(4,5)23(32)13-16-34(24,33)8/h9,21-25,27H,1,10-20H2,2-8H3,(H,37,38)(H,39,40)/t21-,22?,23?,24?,25?,27?,32+,33-,34-,35?/m1/s1. The van der Waals surface area contributed by atoms with E-state index < -0.39 is 28.7 Å². The third kappa shape index (κ3) is 4.11. The monoisotopic (exact) mass is 570 g/mol. The van der Waals surface area contributed by atoms with Gasteiger partial charge in [0.15, 0.2) is 0 Å². The zero-order valence-corrected chi connectivity index (χ0v) is 26.6. The van der Waals surface area contributed by atoms with Gasteiger partial charge in [0.25, 0.3) is 0 Å². The number of esters is 1. The van der Waals surface area contributed by atoms with Crippen molar-refractivity contribution in [1.29, 1.82) is 0 Å². The van der Waals surface area contributed by atoms with Crippen molar-refractivity contribution < 1.29 is 29.3 Å². The second kappa shape index (κ2) is 9.58. The van der Waals surface area contributed by atoms with Gasteiger partial charge in [-0.1, -0.05) is 40.7 Å². The van der Waals surface area contributed by atoms with Crippen molar-refractivity contribution >= 4 is 17.9 Å². The van der Waals surface area contributed by atoms with Gasteiger partial charge in [-0.2, -0.15) is 0 Å². The van der Waals surface area contributed by atoms with E-state index in [1.807, 2.05) is 0 Å². The summed E-state index contributed by atoms with van der Waals surface area (Å²) in [4.78, 5) is 37.3. The summed E-state index contributed by atoms with van der Waals surface area (Å²) >= 11 is 0. The molecule has 6 heteroatoms. The Morgan fingerprint density at radius 3 is 2.15 bits per heavy atom. The van der Waals surface area contributed by atoms with Crippen molar-refractivity contribution in [3.05, 3.63) is 12.7 Å². The fourth-order valence-electron chi connectivity index (χ4n) is 12.1. The van der Waals surface area contributed by atoms with E-state index in [1.165, 1.54) is 0 Å². The van der Waals surface area contributed by atoms with Gasteiger partial charge < -0.3 is 14.9 Å². The maximum atomic E-state index is 12.9. The number of allylic oxidation sites excluding steroid dienone is 1. The number of carboxylic acid groups (broad SMARTS) is 2. The average molecular weight is 571 g/mol. The van der Waals surface area contributed by atoms with Crippen LogP contribution in [0.25, 0.3) is 0 Å². The Morgan fingerprint density at radius 2 is 1.54 bits per heavy atom. The lowest BCUT2D eigenvalue weighted by atomic mass is 9.32. The minimum atomic E-state index is -1.15. The highest BCUT2D eigenvalue weighted by Gasteiger charge is 2.72. The topological polar surface area (TPSA) is 101 Å². The molecule has 5 aliphatic carbocycles. The summed E-state index contributed by atoms with van der Waals surface area (Å²) in [6.07, 6.45) is 11.4. The first kappa shape index (κ1) is 30.6. The van der Waals surface area contributed by atoms with Gasteiger partial charge in [-0.25, -0.2) is 0 Å². The minimum Gasteiger partial charge on any atom is -0.481 e. The van der Waals surface area contributed by atoms with Gasteiger partial charge in [0.2, 0.25) is 0 Å². The predicted molar refractivity (Wildman–Crippen MR) is 158 cm³/mol. The second-order valence-electron chi connectivity index (χ2n) is 16.8. The van der Waals surface area contributed by atoms with E-state index in [0.29, 0.717) is 17.8 Å². The van der Waals surface area contributed by atoms with Gasteiger partial charge in [0, 0.05) is 5.41 Å². The van der Waals surface area contributed by atoms with Crippen LogP contribution in [-0.2, 0) is 19.1 Å². The van der Waals surface area contributed by atoms with Crippen LogP contribution in [0.15, 0.2) is 12.7 Å². The lowest BCUT2D eigenvalue weighted by Crippen LogP contribution is -2.67. The zero-order valence-electron chi connectivity index (χ0n) is 26.6. The molecule has 6 nitrogen and oxygen atoms in total. The number of aliphatic carboxylic acids is 2. The van der Waals surface area contributed by atoms with Gasteiger partial charge in [0.1, 0.15) is 6.10 Å². The molecule has 0 saturated heterocycles. The SMILES string of the molecule is C=C[C@@H]1CCC2(C(=O)O)CC[C@]3(C)C(CCC4[C@@]5(C)CCC(OC(=O)CC(C)(C)C(=O)O)C(C)(C)C5CC[C@]43C)C12. The number of fused-ring (bicyclic) bond motifs is 7. The molecular weight excluding hydrogens is 516 g/mol. The van der Waals surface area contributed by atoms with Crippen LogP contribution >= 0.6 is 0 Å². The quantitative estimate of drug-likeness (QED) is 0.250. The molecule has 0 aromatic rings. The van der Waals surface area contributed by atoms with Crippen LogP contribution < -0.4 is 0 Å². The molecule has 0 bridgehead atoms. The van der Waals surface area contributed by atoms with Crippen LogP contribution in [0.1, 0.15) is 119 Å². The molecule has 5 fully saturated rings. The summed E-state index contributed by atoms with van der Waals surface area (Å²) in [5, 5.41) is 20.0. The average Bonchev–Trinajstić information content (AvgIpc) is 3.26. The van der Waals surface area contributed by atoms with Gasteiger partial charge >= 0.3 is 17.9 Å². The highest BCUT2D eigenvalue weighted by Crippen LogP contribution is 2.77. The van der Waals surface area contributed by atoms with Gasteiger partial charge in [-0.15, -0.1) is 6.58 Å². The number of carbonyl (C=O) groups is 3. The van der Waals surface area contributed by atoms with E-state index in [0.717, 1.165) is 64.2 Å². The summed E-state index contributed by atoms with van der Waals surface area (Å²) < 4.78 is 6.09. The first-order valence-electron chi connectivity index (χ1n) is 16.2. The van der Waals surface area contributed by atoms with E-state index in [9.17, 15) is 24.6 Å². The molecule has 0 radical (unpaired) electrons. The van der Waals surface area contributed by atoms with Gasteiger partial charge in [0.05, 0.1) is 17.3 Å². The Kier molecular flexibility index (Phi) is 7.15. The Hall–Kier alpha value is -1.85. The molecule has 0 aromatic carbocycles. The van der Waals surface area contributed by atoms with Crippen molar-refractivity contribution in [3.8, 4) is 0 Å². The lowest BCUT2D eigenvalue weighted by molar-refractivity contribution is -0.250. The van der Waals surface area contributed by atoms with Crippen LogP contribution in [0.4, 0.5) is 0 Å². The highest BCUT2D eigenvalue weighted by atomic mass is 16.5. The third-order valence-corrected chi connectivity index (χ3v) is 14.6. The number of rotatable bonds is 6. The smallest absolute Gasteiger partial charge is 0.309 e. The molecule has 0 heterocycles. The fraction of sp³-hybridized carbons (Fsp3) is 0.857. The highest BCUT2D eigenvalue weighted by molar-refractivity contribution is 5.81. The van der Waals surface area contributed by atoms with E-state index >= 15 is 0 Å². The Balaban J connectivity index is 1.41. The zero-order chi connectivity index (χ0) is 30.4. The molecule has 0 amide bonds. The molecule has 6 unspecified atom stereocenters. The summed E-state index contributed by atoms with van der Waals surface area (Å²) in [7, 11) is 0. The molecule has 0 spiro atoms. The molecule has 5 aliphatic rings. The van der Waals surface area contributed by atoms with Gasteiger partial charge in [-0.3, -0.25) is 14.4 Å². The van der Waals surface area contributed by atoms with Gasteiger partial charge in [-0.05, 0) is 124 Å². The Labute approximate surface area is 247 Å². The number of carbonyl (C=O) groups excluding carboxylic acids is 1. The number of hydrogen-bond donors (Lipinski definition) is 2. The number of ether oxygens (including phenoxy) is 1.